The van der Waals surface area contributed by atoms with Crippen LogP contribution in [0.3, 0.4) is 0 Å². The molecule has 0 saturated heterocycles. The van der Waals surface area contributed by atoms with E-state index in [4.69, 9.17) is 19.4 Å². The van der Waals surface area contributed by atoms with E-state index >= 15 is 0 Å². The normalized spacial score (nSPS) is 11.7. The molecule has 0 radical (unpaired) electrons. The number of rotatable bonds is 4. The summed E-state index contributed by atoms with van der Waals surface area (Å²) < 4.78 is 6.47. The van der Waals surface area contributed by atoms with Gasteiger partial charge in [-0.2, -0.15) is 0 Å². The molecule has 2 aromatic heterocycles. The number of para-hydroxylation sites is 1. The van der Waals surface area contributed by atoms with E-state index in [1.165, 1.54) is 21.5 Å². The van der Waals surface area contributed by atoms with Crippen molar-refractivity contribution in [2.45, 2.75) is 0 Å². The van der Waals surface area contributed by atoms with Gasteiger partial charge in [-0.15, -0.1) is 0 Å². The van der Waals surface area contributed by atoms with Crippen molar-refractivity contribution in [2.24, 2.45) is 0 Å². The number of fused-ring (bicyclic) bond motifs is 7. The highest BCUT2D eigenvalue weighted by atomic mass is 16.3. The minimum absolute atomic E-state index is 0.598. The molecule has 0 fully saturated rings. The molecule has 0 aliphatic rings. The fourth-order valence-electron chi connectivity index (χ4n) is 7.06. The van der Waals surface area contributed by atoms with Crippen molar-refractivity contribution in [3.63, 3.8) is 0 Å². The molecule has 0 aliphatic carbocycles. The van der Waals surface area contributed by atoms with Gasteiger partial charge < -0.3 is 4.42 Å². The van der Waals surface area contributed by atoms with Crippen LogP contribution >= 0.6 is 0 Å². The summed E-state index contributed by atoms with van der Waals surface area (Å²) in [6, 6.07) is 57.0. The molecule has 2 heterocycles. The molecule has 0 unspecified atom stereocenters. The van der Waals surface area contributed by atoms with E-state index in [9.17, 15) is 0 Å². The largest absolute Gasteiger partial charge is 0.456 e. The monoisotopic (exact) mass is 625 g/mol. The summed E-state index contributed by atoms with van der Waals surface area (Å²) in [6.45, 7) is 0. The third-order valence-electron chi connectivity index (χ3n) is 9.47. The van der Waals surface area contributed by atoms with Gasteiger partial charge >= 0.3 is 0 Å². The Hall–Kier alpha value is -6.65. The first-order valence-corrected chi connectivity index (χ1v) is 16.4. The maximum atomic E-state index is 6.47. The lowest BCUT2D eigenvalue weighted by Gasteiger charge is -2.12. The molecular weight excluding hydrogens is 599 g/mol. The first-order chi connectivity index (χ1) is 24.2. The average Bonchev–Trinajstić information content (AvgIpc) is 3.56. The predicted octanol–water partition coefficient (Wildman–Crippen LogP) is 11.9. The molecular formula is C45H27N3O. The first-order valence-electron chi connectivity index (χ1n) is 16.4. The smallest absolute Gasteiger partial charge is 0.164 e. The number of aromatic nitrogens is 3. The number of hydrogen-bond acceptors (Lipinski definition) is 4. The van der Waals surface area contributed by atoms with Crippen molar-refractivity contribution in [3.8, 4) is 45.3 Å². The van der Waals surface area contributed by atoms with Crippen LogP contribution in [-0.2, 0) is 0 Å². The van der Waals surface area contributed by atoms with Gasteiger partial charge in [0.15, 0.2) is 17.5 Å². The van der Waals surface area contributed by atoms with Crippen LogP contribution < -0.4 is 0 Å². The Bertz CT molecular complexity index is 2890. The van der Waals surface area contributed by atoms with E-state index in [1.807, 2.05) is 24.3 Å². The third-order valence-corrected chi connectivity index (χ3v) is 9.47. The van der Waals surface area contributed by atoms with Crippen LogP contribution in [0, 0.1) is 0 Å². The van der Waals surface area contributed by atoms with Crippen molar-refractivity contribution in [1.29, 1.82) is 0 Å². The molecule has 228 valence electrons. The van der Waals surface area contributed by atoms with Crippen molar-refractivity contribution in [2.75, 3.05) is 0 Å². The summed E-state index contributed by atoms with van der Waals surface area (Å²) in [4.78, 5) is 15.6. The van der Waals surface area contributed by atoms with E-state index in [0.717, 1.165) is 60.5 Å². The Balaban J connectivity index is 1.25. The van der Waals surface area contributed by atoms with Crippen LogP contribution in [0.1, 0.15) is 0 Å². The second-order valence-electron chi connectivity index (χ2n) is 12.5. The molecule has 10 rings (SSSR count). The molecule has 8 aromatic carbocycles. The average molecular weight is 626 g/mol. The van der Waals surface area contributed by atoms with Crippen LogP contribution in [0.25, 0.3) is 99.5 Å². The van der Waals surface area contributed by atoms with Crippen molar-refractivity contribution in [3.05, 3.63) is 164 Å². The first kappa shape index (κ1) is 27.5. The van der Waals surface area contributed by atoms with Crippen molar-refractivity contribution < 1.29 is 4.42 Å². The maximum Gasteiger partial charge on any atom is 0.164 e. The highest BCUT2D eigenvalue weighted by Crippen LogP contribution is 2.40. The van der Waals surface area contributed by atoms with E-state index in [0.29, 0.717) is 17.5 Å². The van der Waals surface area contributed by atoms with Gasteiger partial charge in [0.25, 0.3) is 0 Å². The van der Waals surface area contributed by atoms with E-state index in [1.54, 1.807) is 0 Å². The van der Waals surface area contributed by atoms with Gasteiger partial charge in [0.1, 0.15) is 11.2 Å². The number of furan rings is 1. The van der Waals surface area contributed by atoms with Crippen LogP contribution in [0.15, 0.2) is 168 Å². The zero-order valence-corrected chi connectivity index (χ0v) is 26.3. The number of nitrogens with zero attached hydrogens (tertiary/aromatic N) is 3. The van der Waals surface area contributed by atoms with Crippen molar-refractivity contribution in [1.82, 2.24) is 15.0 Å². The van der Waals surface area contributed by atoms with Crippen LogP contribution in [0.2, 0.25) is 0 Å². The standard InChI is InChI=1S/C45H27N3O/c1-2-10-28(11-3-1)35-26-39(42-38-16-8-9-17-40(38)49-41(42)27-35)45-47-43(33-21-18-29-12-4-5-14-31(29)24-33)46-44(48-45)34-22-23-37-32(25-34)20-19-30-13-6-7-15-36(30)37/h1-27H. The molecule has 0 N–H and O–H groups in total. The van der Waals surface area contributed by atoms with Gasteiger partial charge in [0.2, 0.25) is 0 Å². The topological polar surface area (TPSA) is 51.8 Å². The highest BCUT2D eigenvalue weighted by molar-refractivity contribution is 6.13. The second-order valence-corrected chi connectivity index (χ2v) is 12.5. The van der Waals surface area contributed by atoms with E-state index < -0.39 is 0 Å². The summed E-state index contributed by atoms with van der Waals surface area (Å²) in [5.74, 6) is 1.84. The minimum atomic E-state index is 0.598. The molecule has 0 bridgehead atoms. The Morgan fingerprint density at radius 3 is 1.76 bits per heavy atom. The lowest BCUT2D eigenvalue weighted by molar-refractivity contribution is 0.669. The van der Waals surface area contributed by atoms with Gasteiger partial charge in [-0.05, 0) is 73.8 Å². The van der Waals surface area contributed by atoms with Gasteiger partial charge in [-0.25, -0.2) is 15.0 Å². The highest BCUT2D eigenvalue weighted by Gasteiger charge is 2.20. The van der Waals surface area contributed by atoms with Crippen molar-refractivity contribution >= 4 is 54.3 Å². The predicted molar refractivity (Wildman–Crippen MR) is 201 cm³/mol. The Morgan fingerprint density at radius 1 is 0.327 bits per heavy atom. The molecule has 0 amide bonds. The van der Waals surface area contributed by atoms with Gasteiger partial charge in [0, 0.05) is 27.5 Å². The van der Waals surface area contributed by atoms with Gasteiger partial charge in [-0.3, -0.25) is 0 Å². The molecule has 4 nitrogen and oxygen atoms in total. The quantitative estimate of drug-likeness (QED) is 0.183. The van der Waals surface area contributed by atoms with Gasteiger partial charge in [0.05, 0.1) is 0 Å². The SMILES string of the molecule is c1ccc(-c2cc(-c3nc(-c4ccc5ccccc5c4)nc(-c4ccc5c(ccc6ccccc65)c4)n3)c3c(c2)oc2ccccc23)cc1. The van der Waals surface area contributed by atoms with Crippen LogP contribution in [0.5, 0.6) is 0 Å². The van der Waals surface area contributed by atoms with E-state index in [-0.39, 0.29) is 0 Å². The lowest BCUT2D eigenvalue weighted by atomic mass is 9.98. The summed E-state index contributed by atoms with van der Waals surface area (Å²) >= 11 is 0. The summed E-state index contributed by atoms with van der Waals surface area (Å²) in [6.07, 6.45) is 0. The maximum absolute atomic E-state index is 6.47. The van der Waals surface area contributed by atoms with Crippen LogP contribution in [0.4, 0.5) is 0 Å². The zero-order valence-electron chi connectivity index (χ0n) is 26.3. The second kappa shape index (κ2) is 11.0. The molecule has 0 atom stereocenters. The molecule has 0 aliphatic heterocycles. The fraction of sp³-hybridized carbons (Fsp3) is 0. The Morgan fingerprint density at radius 2 is 0.918 bits per heavy atom. The number of benzene rings is 8. The zero-order chi connectivity index (χ0) is 32.3. The molecule has 0 saturated carbocycles. The molecule has 4 heteroatoms. The fourth-order valence-corrected chi connectivity index (χ4v) is 7.06. The van der Waals surface area contributed by atoms with Gasteiger partial charge in [-0.1, -0.05) is 133 Å². The molecule has 0 spiro atoms. The summed E-state index contributed by atoms with van der Waals surface area (Å²) in [5.41, 5.74) is 6.52. The minimum Gasteiger partial charge on any atom is -0.456 e. The Labute approximate surface area is 282 Å². The van der Waals surface area contributed by atoms with Crippen LogP contribution in [-0.4, -0.2) is 15.0 Å². The Kier molecular flexibility index (Phi) is 6.15. The molecule has 10 aromatic rings. The summed E-state index contributed by atoms with van der Waals surface area (Å²) in [7, 11) is 0. The molecule has 49 heavy (non-hydrogen) atoms. The van der Waals surface area contributed by atoms with E-state index in [2.05, 4.69) is 140 Å². The number of hydrogen-bond donors (Lipinski definition) is 0. The lowest BCUT2D eigenvalue weighted by Crippen LogP contribution is -2.01. The summed E-state index contributed by atoms with van der Waals surface area (Å²) in [5, 5.41) is 9.11. The third kappa shape index (κ3) is 4.65.